The van der Waals surface area contributed by atoms with Gasteiger partial charge in [-0.2, -0.15) is 0 Å². The number of aliphatic imine (C=N–C) groups is 1. The monoisotopic (exact) mass is 558 g/mol. The van der Waals surface area contributed by atoms with Gasteiger partial charge in [0.1, 0.15) is 11.4 Å². The van der Waals surface area contributed by atoms with Crippen LogP contribution in [-0.2, 0) is 35.8 Å². The number of aliphatic hydroxyl groups is 1. The van der Waals surface area contributed by atoms with Crippen LogP contribution in [0, 0.1) is 5.41 Å². The highest BCUT2D eigenvalue weighted by atomic mass is 32.2. The third-order valence-electron chi connectivity index (χ3n) is 9.27. The lowest BCUT2D eigenvalue weighted by Gasteiger charge is -2.43. The SMILES string of the molecule is CS(=O)(=O)c1cccc2c1CCCN2C1=NCc2nc(N3CCC4(CC3)Cc3ccccc3[C@H]4N)c(CO)nc21. The van der Waals surface area contributed by atoms with E-state index in [-0.39, 0.29) is 18.1 Å². The maximum Gasteiger partial charge on any atom is 0.175 e. The van der Waals surface area contributed by atoms with Gasteiger partial charge in [0.05, 0.1) is 23.7 Å². The van der Waals surface area contributed by atoms with E-state index in [9.17, 15) is 13.5 Å². The summed E-state index contributed by atoms with van der Waals surface area (Å²) in [5.41, 5.74) is 13.2. The number of hydrogen-bond acceptors (Lipinski definition) is 9. The predicted octanol–water partition coefficient (Wildman–Crippen LogP) is 2.93. The van der Waals surface area contributed by atoms with E-state index in [1.165, 1.54) is 17.4 Å². The van der Waals surface area contributed by atoms with Crippen LogP contribution in [0.5, 0.6) is 0 Å². The number of amidine groups is 1. The van der Waals surface area contributed by atoms with E-state index in [0.717, 1.165) is 61.5 Å². The summed E-state index contributed by atoms with van der Waals surface area (Å²) in [5, 5.41) is 10.4. The molecule has 3 N–H and O–H groups in total. The Morgan fingerprint density at radius 3 is 2.62 bits per heavy atom. The molecule has 0 bridgehead atoms. The third kappa shape index (κ3) is 3.95. The summed E-state index contributed by atoms with van der Waals surface area (Å²) in [7, 11) is -3.35. The van der Waals surface area contributed by atoms with Gasteiger partial charge < -0.3 is 20.6 Å². The van der Waals surface area contributed by atoms with Crippen molar-refractivity contribution in [3.63, 3.8) is 0 Å². The molecular formula is C30H34N6O3S. The molecule has 0 saturated carbocycles. The predicted molar refractivity (Wildman–Crippen MR) is 154 cm³/mol. The molecule has 1 aliphatic carbocycles. The molecule has 3 aromatic rings. The molecule has 4 heterocycles. The highest BCUT2D eigenvalue weighted by molar-refractivity contribution is 7.90. The fourth-order valence-electron chi connectivity index (χ4n) is 7.21. The number of piperidine rings is 1. The van der Waals surface area contributed by atoms with Crippen molar-refractivity contribution in [1.29, 1.82) is 0 Å². The highest BCUT2D eigenvalue weighted by Gasteiger charge is 2.46. The van der Waals surface area contributed by atoms with E-state index in [2.05, 4.69) is 34.1 Å². The maximum absolute atomic E-state index is 12.4. The first-order valence-corrected chi connectivity index (χ1v) is 15.9. The smallest absolute Gasteiger partial charge is 0.175 e. The van der Waals surface area contributed by atoms with Crippen molar-refractivity contribution < 1.29 is 13.5 Å². The normalized spacial score (nSPS) is 21.3. The number of rotatable bonds is 3. The van der Waals surface area contributed by atoms with Crippen LogP contribution in [0.2, 0.25) is 0 Å². The van der Waals surface area contributed by atoms with Crippen molar-refractivity contribution in [1.82, 2.24) is 9.97 Å². The number of nitrogens with two attached hydrogens (primary N) is 1. The summed E-state index contributed by atoms with van der Waals surface area (Å²) in [5.74, 6) is 1.43. The Hall–Kier alpha value is -3.34. The molecule has 208 valence electrons. The zero-order chi connectivity index (χ0) is 27.6. The minimum Gasteiger partial charge on any atom is -0.390 e. The Labute approximate surface area is 234 Å². The number of anilines is 2. The second kappa shape index (κ2) is 9.36. The van der Waals surface area contributed by atoms with Crippen LogP contribution in [0.15, 0.2) is 52.4 Å². The molecule has 1 saturated heterocycles. The Morgan fingerprint density at radius 2 is 1.88 bits per heavy atom. The van der Waals surface area contributed by atoms with Crippen LogP contribution in [0.4, 0.5) is 11.5 Å². The van der Waals surface area contributed by atoms with E-state index in [1.54, 1.807) is 12.1 Å². The molecule has 0 amide bonds. The van der Waals surface area contributed by atoms with E-state index < -0.39 is 9.84 Å². The fraction of sp³-hybridized carbons (Fsp3) is 0.433. The number of sulfone groups is 1. The minimum atomic E-state index is -3.35. The van der Waals surface area contributed by atoms with Crippen LogP contribution in [-0.4, -0.2) is 55.2 Å². The van der Waals surface area contributed by atoms with Gasteiger partial charge in [-0.15, -0.1) is 0 Å². The second-order valence-corrected chi connectivity index (χ2v) is 13.6. The zero-order valence-electron chi connectivity index (χ0n) is 22.7. The molecule has 1 atom stereocenters. The molecule has 3 aliphatic heterocycles. The summed E-state index contributed by atoms with van der Waals surface area (Å²) in [6, 6.07) is 14.0. The van der Waals surface area contributed by atoms with Gasteiger partial charge in [-0.05, 0) is 66.3 Å². The summed E-state index contributed by atoms with van der Waals surface area (Å²) in [6.45, 7) is 2.52. The summed E-state index contributed by atoms with van der Waals surface area (Å²) < 4.78 is 24.9. The molecule has 4 aliphatic rings. The second-order valence-electron chi connectivity index (χ2n) is 11.6. The quantitative estimate of drug-likeness (QED) is 0.503. The number of fused-ring (bicyclic) bond motifs is 3. The Balaban J connectivity index is 1.16. The van der Waals surface area contributed by atoms with Gasteiger partial charge in [0.25, 0.3) is 0 Å². The number of aliphatic hydroxyl groups excluding tert-OH is 1. The fourth-order valence-corrected chi connectivity index (χ4v) is 8.19. The molecular weight excluding hydrogens is 524 g/mol. The molecule has 10 heteroatoms. The highest BCUT2D eigenvalue weighted by Crippen LogP contribution is 2.51. The Kier molecular flexibility index (Phi) is 5.99. The molecule has 9 nitrogen and oxygen atoms in total. The molecule has 0 radical (unpaired) electrons. The lowest BCUT2D eigenvalue weighted by molar-refractivity contribution is 0.186. The van der Waals surface area contributed by atoms with Crippen molar-refractivity contribution in [2.45, 2.75) is 56.2 Å². The average Bonchev–Trinajstić information content (AvgIpc) is 3.49. The topological polar surface area (TPSA) is 125 Å². The number of hydrogen-bond donors (Lipinski definition) is 2. The van der Waals surface area contributed by atoms with Crippen molar-refractivity contribution >= 4 is 27.2 Å². The molecule has 1 aromatic heterocycles. The van der Waals surface area contributed by atoms with Gasteiger partial charge in [0.15, 0.2) is 21.5 Å². The maximum atomic E-state index is 12.4. The van der Waals surface area contributed by atoms with Crippen LogP contribution in [0.3, 0.4) is 0 Å². The molecule has 1 fully saturated rings. The third-order valence-corrected chi connectivity index (χ3v) is 10.5. The largest absolute Gasteiger partial charge is 0.390 e. The van der Waals surface area contributed by atoms with E-state index in [1.807, 2.05) is 6.07 Å². The first-order chi connectivity index (χ1) is 19.3. The van der Waals surface area contributed by atoms with Crippen LogP contribution < -0.4 is 15.5 Å². The Morgan fingerprint density at radius 1 is 1.07 bits per heavy atom. The van der Waals surface area contributed by atoms with E-state index in [4.69, 9.17) is 20.7 Å². The molecule has 0 unspecified atom stereocenters. The zero-order valence-corrected chi connectivity index (χ0v) is 23.5. The molecule has 40 heavy (non-hydrogen) atoms. The van der Waals surface area contributed by atoms with Gasteiger partial charge in [0.2, 0.25) is 0 Å². The minimum absolute atomic E-state index is 0.0425. The van der Waals surface area contributed by atoms with Gasteiger partial charge >= 0.3 is 0 Å². The number of nitrogens with zero attached hydrogens (tertiary/aromatic N) is 5. The average molecular weight is 559 g/mol. The Bertz CT molecular complexity index is 1650. The standard InChI is InChI=1S/C30H34N6O3S/c1-40(38,39)25-10-4-9-24-21(25)8-5-13-36(24)29-26-22(17-32-29)34-28(23(18-37)33-26)35-14-11-30(12-15-35)16-19-6-2-3-7-20(19)27(30)31/h2-4,6-7,9-10,27,37H,5,8,11-18,31H2,1H3/t27-/m1/s1. The summed E-state index contributed by atoms with van der Waals surface area (Å²) in [6.07, 6.45) is 5.70. The van der Waals surface area contributed by atoms with Crippen LogP contribution in [0.1, 0.15) is 59.1 Å². The number of aromatic nitrogens is 2. The van der Waals surface area contributed by atoms with E-state index >= 15 is 0 Å². The lowest BCUT2D eigenvalue weighted by Crippen LogP contribution is -2.45. The molecule has 7 rings (SSSR count). The first-order valence-electron chi connectivity index (χ1n) is 14.0. The first kappa shape index (κ1) is 25.6. The van der Waals surface area contributed by atoms with Crippen LogP contribution in [0.25, 0.3) is 0 Å². The number of benzene rings is 2. The molecule has 2 aromatic carbocycles. The van der Waals surface area contributed by atoms with E-state index in [0.29, 0.717) is 41.6 Å². The van der Waals surface area contributed by atoms with Crippen molar-refractivity contribution in [2.24, 2.45) is 16.1 Å². The van der Waals surface area contributed by atoms with Crippen molar-refractivity contribution in [2.75, 3.05) is 35.7 Å². The van der Waals surface area contributed by atoms with Crippen molar-refractivity contribution in [3.05, 3.63) is 76.2 Å². The van der Waals surface area contributed by atoms with Crippen LogP contribution >= 0.6 is 0 Å². The van der Waals surface area contributed by atoms with Gasteiger partial charge in [0, 0.05) is 37.6 Å². The lowest BCUT2D eigenvalue weighted by atomic mass is 9.73. The van der Waals surface area contributed by atoms with Gasteiger partial charge in [-0.25, -0.2) is 18.4 Å². The van der Waals surface area contributed by atoms with Gasteiger partial charge in [-0.3, -0.25) is 4.99 Å². The molecule has 1 spiro atoms. The summed E-state index contributed by atoms with van der Waals surface area (Å²) >= 11 is 0. The summed E-state index contributed by atoms with van der Waals surface area (Å²) in [4.78, 5) is 19.4. The van der Waals surface area contributed by atoms with Crippen molar-refractivity contribution in [3.8, 4) is 0 Å². The van der Waals surface area contributed by atoms with Gasteiger partial charge in [-0.1, -0.05) is 30.3 Å².